The summed E-state index contributed by atoms with van der Waals surface area (Å²) >= 11 is 6.04. The number of fused-ring (bicyclic) bond motifs is 1. The van der Waals surface area contributed by atoms with Crippen LogP contribution in [0.3, 0.4) is 0 Å². The number of aromatic nitrogens is 2. The van der Waals surface area contributed by atoms with Crippen molar-refractivity contribution in [2.45, 2.75) is 39.2 Å². The minimum absolute atomic E-state index is 0.805. The molecular formula is C15H17ClN2. The van der Waals surface area contributed by atoms with Crippen LogP contribution in [0.25, 0.3) is 0 Å². The molecule has 0 bridgehead atoms. The molecular weight excluding hydrogens is 244 g/mol. The average molecular weight is 261 g/mol. The third-order valence-corrected chi connectivity index (χ3v) is 3.89. The van der Waals surface area contributed by atoms with Crippen LogP contribution in [0, 0.1) is 6.92 Å². The largest absolute Gasteiger partial charge is 0.328 e. The molecule has 0 aliphatic heterocycles. The number of imidazole rings is 1. The second-order valence-corrected chi connectivity index (χ2v) is 5.41. The maximum Gasteiger partial charge on any atom is 0.106 e. The summed E-state index contributed by atoms with van der Waals surface area (Å²) in [6, 6.07) is 8.09. The van der Waals surface area contributed by atoms with Crippen molar-refractivity contribution in [2.75, 3.05) is 0 Å². The van der Waals surface area contributed by atoms with Crippen LogP contribution >= 0.6 is 11.6 Å². The number of hydrogen-bond acceptors (Lipinski definition) is 1. The number of halogens is 1. The van der Waals surface area contributed by atoms with E-state index in [0.717, 1.165) is 30.2 Å². The van der Waals surface area contributed by atoms with E-state index in [9.17, 15) is 0 Å². The van der Waals surface area contributed by atoms with E-state index < -0.39 is 0 Å². The van der Waals surface area contributed by atoms with Gasteiger partial charge in [-0.15, -0.1) is 0 Å². The maximum absolute atomic E-state index is 6.04. The van der Waals surface area contributed by atoms with Gasteiger partial charge in [-0.2, -0.15) is 0 Å². The summed E-state index contributed by atoms with van der Waals surface area (Å²) in [7, 11) is 0. The molecule has 0 atom stereocenters. The Morgan fingerprint density at radius 1 is 1.28 bits per heavy atom. The summed E-state index contributed by atoms with van der Waals surface area (Å²) in [6.07, 6.45) is 4.86. The van der Waals surface area contributed by atoms with Crippen molar-refractivity contribution in [3.63, 3.8) is 0 Å². The molecule has 0 spiro atoms. The first-order valence-electron chi connectivity index (χ1n) is 6.53. The van der Waals surface area contributed by atoms with E-state index in [1.807, 2.05) is 18.2 Å². The molecule has 1 aliphatic carbocycles. The highest BCUT2D eigenvalue weighted by Gasteiger charge is 2.17. The van der Waals surface area contributed by atoms with Crippen molar-refractivity contribution < 1.29 is 0 Å². The lowest BCUT2D eigenvalue weighted by Crippen LogP contribution is -2.10. The van der Waals surface area contributed by atoms with E-state index in [2.05, 4.69) is 17.6 Å². The quantitative estimate of drug-likeness (QED) is 0.804. The fourth-order valence-electron chi connectivity index (χ4n) is 2.76. The van der Waals surface area contributed by atoms with Crippen molar-refractivity contribution in [2.24, 2.45) is 0 Å². The van der Waals surface area contributed by atoms with Crippen LogP contribution < -0.4 is 0 Å². The molecule has 0 unspecified atom stereocenters. The SMILES string of the molecule is Cc1nc2c(n1Cc1cccc(Cl)c1)CCCC2. The van der Waals surface area contributed by atoms with Gasteiger partial charge in [-0.3, -0.25) is 0 Å². The van der Waals surface area contributed by atoms with Gasteiger partial charge in [0.2, 0.25) is 0 Å². The number of nitrogens with zero attached hydrogens (tertiary/aromatic N) is 2. The van der Waals surface area contributed by atoms with Crippen LogP contribution in [0.15, 0.2) is 24.3 Å². The summed E-state index contributed by atoms with van der Waals surface area (Å²) in [5, 5.41) is 0.805. The molecule has 0 radical (unpaired) electrons. The topological polar surface area (TPSA) is 17.8 Å². The summed E-state index contributed by atoms with van der Waals surface area (Å²) in [6.45, 7) is 2.98. The van der Waals surface area contributed by atoms with E-state index in [0.29, 0.717) is 0 Å². The first-order valence-corrected chi connectivity index (χ1v) is 6.91. The molecule has 0 saturated carbocycles. The fraction of sp³-hybridized carbons (Fsp3) is 0.400. The average Bonchev–Trinajstić information content (AvgIpc) is 2.66. The van der Waals surface area contributed by atoms with E-state index in [-0.39, 0.29) is 0 Å². The van der Waals surface area contributed by atoms with Crippen LogP contribution in [-0.2, 0) is 19.4 Å². The summed E-state index contributed by atoms with van der Waals surface area (Å²) in [4.78, 5) is 4.70. The standard InChI is InChI=1S/C15H17ClN2/c1-11-17-14-7-2-3-8-15(14)18(11)10-12-5-4-6-13(16)9-12/h4-6,9H,2-3,7-8,10H2,1H3. The molecule has 0 amide bonds. The second kappa shape index (κ2) is 4.77. The van der Waals surface area contributed by atoms with Crippen LogP contribution in [0.4, 0.5) is 0 Å². The van der Waals surface area contributed by atoms with Gasteiger partial charge in [-0.1, -0.05) is 23.7 Å². The van der Waals surface area contributed by atoms with Gasteiger partial charge in [-0.25, -0.2) is 4.98 Å². The fourth-order valence-corrected chi connectivity index (χ4v) is 2.98. The van der Waals surface area contributed by atoms with Crippen molar-refractivity contribution >= 4 is 11.6 Å². The molecule has 1 heterocycles. The highest BCUT2D eigenvalue weighted by Crippen LogP contribution is 2.23. The monoisotopic (exact) mass is 260 g/mol. The third-order valence-electron chi connectivity index (χ3n) is 3.65. The lowest BCUT2D eigenvalue weighted by molar-refractivity contribution is 0.624. The van der Waals surface area contributed by atoms with Crippen molar-refractivity contribution in [3.05, 3.63) is 52.1 Å². The molecule has 0 fully saturated rings. The predicted molar refractivity (Wildman–Crippen MR) is 74.2 cm³/mol. The van der Waals surface area contributed by atoms with Crippen LogP contribution in [-0.4, -0.2) is 9.55 Å². The molecule has 94 valence electrons. The van der Waals surface area contributed by atoms with E-state index in [1.54, 1.807) is 0 Å². The van der Waals surface area contributed by atoms with Gasteiger partial charge < -0.3 is 4.57 Å². The minimum atomic E-state index is 0.805. The number of aryl methyl sites for hydroxylation is 2. The Hall–Kier alpha value is -1.28. The van der Waals surface area contributed by atoms with Crippen molar-refractivity contribution in [1.29, 1.82) is 0 Å². The van der Waals surface area contributed by atoms with Crippen LogP contribution in [0.5, 0.6) is 0 Å². The predicted octanol–water partition coefficient (Wildman–Crippen LogP) is 3.77. The highest BCUT2D eigenvalue weighted by atomic mass is 35.5. The molecule has 1 aromatic carbocycles. The smallest absolute Gasteiger partial charge is 0.106 e. The summed E-state index contributed by atoms with van der Waals surface area (Å²) in [5.41, 5.74) is 3.98. The van der Waals surface area contributed by atoms with Crippen LogP contribution in [0.1, 0.15) is 35.6 Å². The van der Waals surface area contributed by atoms with Gasteiger partial charge in [0.25, 0.3) is 0 Å². The Kier molecular flexibility index (Phi) is 3.13. The molecule has 2 nitrogen and oxygen atoms in total. The number of hydrogen-bond donors (Lipinski definition) is 0. The minimum Gasteiger partial charge on any atom is -0.328 e. The number of rotatable bonds is 2. The summed E-state index contributed by atoms with van der Waals surface area (Å²) in [5.74, 6) is 1.13. The summed E-state index contributed by atoms with van der Waals surface area (Å²) < 4.78 is 2.35. The van der Waals surface area contributed by atoms with Crippen LogP contribution in [0.2, 0.25) is 5.02 Å². The Labute approximate surface area is 113 Å². The maximum atomic E-state index is 6.04. The highest BCUT2D eigenvalue weighted by molar-refractivity contribution is 6.30. The van der Waals surface area contributed by atoms with Crippen molar-refractivity contribution in [3.8, 4) is 0 Å². The lowest BCUT2D eigenvalue weighted by atomic mass is 10.0. The second-order valence-electron chi connectivity index (χ2n) is 4.98. The van der Waals surface area contributed by atoms with Gasteiger partial charge in [0.15, 0.2) is 0 Å². The molecule has 0 N–H and O–H groups in total. The third kappa shape index (κ3) is 2.17. The van der Waals surface area contributed by atoms with E-state index >= 15 is 0 Å². The Morgan fingerprint density at radius 2 is 2.11 bits per heavy atom. The molecule has 0 saturated heterocycles. The normalized spacial score (nSPS) is 14.6. The first-order chi connectivity index (χ1) is 8.74. The van der Waals surface area contributed by atoms with Gasteiger partial charge in [0, 0.05) is 17.3 Å². The molecule has 18 heavy (non-hydrogen) atoms. The first kappa shape index (κ1) is 11.8. The molecule has 3 heteroatoms. The molecule has 1 aliphatic rings. The zero-order valence-corrected chi connectivity index (χ0v) is 11.4. The molecule has 3 rings (SSSR count). The Balaban J connectivity index is 1.95. The zero-order valence-electron chi connectivity index (χ0n) is 10.6. The van der Waals surface area contributed by atoms with Crippen molar-refractivity contribution in [1.82, 2.24) is 9.55 Å². The molecule has 2 aromatic rings. The van der Waals surface area contributed by atoms with Gasteiger partial charge in [0.1, 0.15) is 5.82 Å². The van der Waals surface area contributed by atoms with Gasteiger partial charge in [-0.05, 0) is 50.3 Å². The Morgan fingerprint density at radius 3 is 2.94 bits per heavy atom. The van der Waals surface area contributed by atoms with Gasteiger partial charge in [0.05, 0.1) is 5.69 Å². The van der Waals surface area contributed by atoms with E-state index in [1.165, 1.54) is 29.8 Å². The van der Waals surface area contributed by atoms with E-state index in [4.69, 9.17) is 16.6 Å². The Bertz CT molecular complexity index is 572. The zero-order chi connectivity index (χ0) is 12.5. The van der Waals surface area contributed by atoms with Gasteiger partial charge >= 0.3 is 0 Å². The lowest BCUT2D eigenvalue weighted by Gasteiger charge is -2.15. The number of benzene rings is 1. The molecule has 1 aromatic heterocycles.